The topological polar surface area (TPSA) is 72.9 Å². The van der Waals surface area contributed by atoms with Gasteiger partial charge in [0, 0.05) is 19.1 Å². The van der Waals surface area contributed by atoms with E-state index in [2.05, 4.69) is 33.3 Å². The zero-order valence-corrected chi connectivity index (χ0v) is 12.8. The van der Waals surface area contributed by atoms with Crippen LogP contribution in [0.15, 0.2) is 15.5 Å². The number of nitrogens with one attached hydrogen (secondary N) is 1. The molecule has 1 heterocycles. The maximum atomic E-state index is 12.2. The second-order valence-corrected chi connectivity index (χ2v) is 5.96. The first-order chi connectivity index (χ1) is 9.15. The molecule has 6 heteroatoms. The summed E-state index contributed by atoms with van der Waals surface area (Å²) in [6.45, 7) is 3.39. The van der Waals surface area contributed by atoms with Crippen molar-refractivity contribution in [3.8, 4) is 0 Å². The molecular weight excluding hydrogens is 308 g/mol. The standard InChI is InChI=1S/C13H21BrN4O/c1-2-3-10(6-15)17-11-7-16-18(8-9-4-5-9)13(19)12(11)14/h7,9-10,17H,2-6,8,15H2,1H3. The lowest BCUT2D eigenvalue weighted by Gasteiger charge is -2.18. The Bertz CT molecular complexity index is 484. The van der Waals surface area contributed by atoms with E-state index in [1.54, 1.807) is 10.9 Å². The number of halogens is 1. The third-order valence-electron chi connectivity index (χ3n) is 3.39. The van der Waals surface area contributed by atoms with E-state index in [1.165, 1.54) is 12.8 Å². The van der Waals surface area contributed by atoms with Crippen LogP contribution in [-0.2, 0) is 6.54 Å². The summed E-state index contributed by atoms with van der Waals surface area (Å²) in [4.78, 5) is 12.2. The quantitative estimate of drug-likeness (QED) is 0.802. The summed E-state index contributed by atoms with van der Waals surface area (Å²) in [6.07, 6.45) is 6.16. The Hall–Kier alpha value is -0.880. The van der Waals surface area contributed by atoms with Crippen LogP contribution in [0.2, 0.25) is 0 Å². The van der Waals surface area contributed by atoms with Gasteiger partial charge in [-0.15, -0.1) is 0 Å². The van der Waals surface area contributed by atoms with E-state index in [4.69, 9.17) is 5.73 Å². The molecule has 2 rings (SSSR count). The molecular formula is C13H21BrN4O. The van der Waals surface area contributed by atoms with Gasteiger partial charge in [0.05, 0.1) is 11.9 Å². The van der Waals surface area contributed by atoms with Gasteiger partial charge in [0.25, 0.3) is 5.56 Å². The molecule has 0 saturated heterocycles. The molecule has 1 aromatic heterocycles. The van der Waals surface area contributed by atoms with Gasteiger partial charge in [-0.05, 0) is 41.1 Å². The zero-order chi connectivity index (χ0) is 13.8. The number of hydrogen-bond donors (Lipinski definition) is 2. The number of hydrogen-bond acceptors (Lipinski definition) is 4. The summed E-state index contributed by atoms with van der Waals surface area (Å²) in [5.41, 5.74) is 6.39. The molecule has 0 bridgehead atoms. The first kappa shape index (κ1) is 14.5. The van der Waals surface area contributed by atoms with Crippen molar-refractivity contribution in [1.82, 2.24) is 9.78 Å². The maximum absolute atomic E-state index is 12.2. The molecule has 0 spiro atoms. The van der Waals surface area contributed by atoms with Gasteiger partial charge in [0.1, 0.15) is 4.47 Å². The number of nitrogens with zero attached hydrogens (tertiary/aromatic N) is 2. The van der Waals surface area contributed by atoms with Crippen LogP contribution in [0.3, 0.4) is 0 Å². The van der Waals surface area contributed by atoms with Crippen molar-refractivity contribution in [2.75, 3.05) is 11.9 Å². The predicted octanol–water partition coefficient (Wildman–Crippen LogP) is 1.96. The average molecular weight is 329 g/mol. The summed E-state index contributed by atoms with van der Waals surface area (Å²) in [5.74, 6) is 0.632. The highest BCUT2D eigenvalue weighted by Gasteiger charge is 2.23. The SMILES string of the molecule is CCCC(CN)Nc1cnn(CC2CC2)c(=O)c1Br. The van der Waals surface area contributed by atoms with Gasteiger partial charge in [0.2, 0.25) is 0 Å². The minimum atomic E-state index is -0.0656. The van der Waals surface area contributed by atoms with Gasteiger partial charge < -0.3 is 11.1 Å². The number of aromatic nitrogens is 2. The van der Waals surface area contributed by atoms with Crippen LogP contribution in [0, 0.1) is 5.92 Å². The summed E-state index contributed by atoms with van der Waals surface area (Å²) in [7, 11) is 0. The highest BCUT2D eigenvalue weighted by molar-refractivity contribution is 9.10. The van der Waals surface area contributed by atoms with Gasteiger partial charge in [-0.1, -0.05) is 13.3 Å². The summed E-state index contributed by atoms with van der Waals surface area (Å²) in [5, 5.41) is 7.52. The molecule has 0 radical (unpaired) electrons. The normalized spacial score (nSPS) is 16.4. The molecule has 0 aromatic carbocycles. The monoisotopic (exact) mass is 328 g/mol. The second-order valence-electron chi connectivity index (χ2n) is 5.17. The Balaban J connectivity index is 2.12. The van der Waals surface area contributed by atoms with Crippen molar-refractivity contribution >= 4 is 21.6 Å². The van der Waals surface area contributed by atoms with Crippen LogP contribution >= 0.6 is 15.9 Å². The second kappa shape index (κ2) is 6.52. The average Bonchev–Trinajstić information content (AvgIpc) is 3.21. The lowest BCUT2D eigenvalue weighted by atomic mass is 10.1. The third kappa shape index (κ3) is 3.79. The molecule has 1 aliphatic rings. The third-order valence-corrected chi connectivity index (χ3v) is 4.16. The molecule has 1 atom stereocenters. The van der Waals surface area contributed by atoms with Crippen molar-refractivity contribution in [2.45, 2.75) is 45.2 Å². The molecule has 1 aromatic rings. The van der Waals surface area contributed by atoms with Crippen molar-refractivity contribution < 1.29 is 0 Å². The Morgan fingerprint density at radius 1 is 1.63 bits per heavy atom. The van der Waals surface area contributed by atoms with Crippen molar-refractivity contribution in [1.29, 1.82) is 0 Å². The predicted molar refractivity (Wildman–Crippen MR) is 80.3 cm³/mol. The molecule has 1 saturated carbocycles. The number of anilines is 1. The van der Waals surface area contributed by atoms with E-state index in [0.29, 0.717) is 16.9 Å². The lowest BCUT2D eigenvalue weighted by molar-refractivity contribution is 0.531. The fraction of sp³-hybridized carbons (Fsp3) is 0.692. The van der Waals surface area contributed by atoms with Crippen molar-refractivity contribution in [3.63, 3.8) is 0 Å². The summed E-state index contributed by atoms with van der Waals surface area (Å²) in [6, 6.07) is 0.182. The van der Waals surface area contributed by atoms with Crippen LogP contribution in [0.1, 0.15) is 32.6 Å². The van der Waals surface area contributed by atoms with Gasteiger partial charge in [-0.25, -0.2) is 4.68 Å². The molecule has 1 aliphatic carbocycles. The van der Waals surface area contributed by atoms with E-state index >= 15 is 0 Å². The highest BCUT2D eigenvalue weighted by Crippen LogP contribution is 2.30. The lowest BCUT2D eigenvalue weighted by Crippen LogP contribution is -2.31. The summed E-state index contributed by atoms with van der Waals surface area (Å²) >= 11 is 3.37. The fourth-order valence-electron chi connectivity index (χ4n) is 2.06. The van der Waals surface area contributed by atoms with Crippen LogP contribution in [-0.4, -0.2) is 22.4 Å². The smallest absolute Gasteiger partial charge is 0.283 e. The zero-order valence-electron chi connectivity index (χ0n) is 11.2. The first-order valence-corrected chi connectivity index (χ1v) is 7.67. The minimum absolute atomic E-state index is 0.0656. The molecule has 106 valence electrons. The molecule has 3 N–H and O–H groups in total. The Kier molecular flexibility index (Phi) is 4.99. The molecule has 19 heavy (non-hydrogen) atoms. The maximum Gasteiger partial charge on any atom is 0.283 e. The molecule has 1 unspecified atom stereocenters. The van der Waals surface area contributed by atoms with E-state index in [0.717, 1.165) is 25.1 Å². The van der Waals surface area contributed by atoms with Gasteiger partial charge in [-0.3, -0.25) is 4.79 Å². The van der Waals surface area contributed by atoms with Crippen LogP contribution < -0.4 is 16.6 Å². The molecule has 0 amide bonds. The Morgan fingerprint density at radius 2 is 2.37 bits per heavy atom. The van der Waals surface area contributed by atoms with E-state index in [9.17, 15) is 4.79 Å². The summed E-state index contributed by atoms with van der Waals surface area (Å²) < 4.78 is 2.10. The van der Waals surface area contributed by atoms with Crippen LogP contribution in [0.4, 0.5) is 5.69 Å². The Morgan fingerprint density at radius 3 is 2.95 bits per heavy atom. The molecule has 5 nitrogen and oxygen atoms in total. The van der Waals surface area contributed by atoms with Gasteiger partial charge >= 0.3 is 0 Å². The van der Waals surface area contributed by atoms with Gasteiger partial charge in [-0.2, -0.15) is 5.10 Å². The van der Waals surface area contributed by atoms with Crippen molar-refractivity contribution in [2.24, 2.45) is 11.7 Å². The van der Waals surface area contributed by atoms with Crippen LogP contribution in [0.5, 0.6) is 0 Å². The van der Waals surface area contributed by atoms with E-state index in [1.807, 2.05) is 0 Å². The minimum Gasteiger partial charge on any atom is -0.379 e. The van der Waals surface area contributed by atoms with E-state index in [-0.39, 0.29) is 11.6 Å². The fourth-order valence-corrected chi connectivity index (χ4v) is 2.48. The Labute approximate surface area is 121 Å². The number of nitrogens with two attached hydrogens (primary N) is 1. The first-order valence-electron chi connectivity index (χ1n) is 6.88. The molecule has 0 aliphatic heterocycles. The number of rotatable bonds is 7. The highest BCUT2D eigenvalue weighted by atomic mass is 79.9. The van der Waals surface area contributed by atoms with Crippen LogP contribution in [0.25, 0.3) is 0 Å². The largest absolute Gasteiger partial charge is 0.379 e. The van der Waals surface area contributed by atoms with Gasteiger partial charge in [0.15, 0.2) is 0 Å². The molecule has 1 fully saturated rings. The van der Waals surface area contributed by atoms with E-state index < -0.39 is 0 Å². The van der Waals surface area contributed by atoms with Crippen molar-refractivity contribution in [3.05, 3.63) is 21.0 Å².